The van der Waals surface area contributed by atoms with Crippen LogP contribution in [0.15, 0.2) is 29.9 Å². The first-order valence-corrected chi connectivity index (χ1v) is 8.85. The van der Waals surface area contributed by atoms with E-state index in [9.17, 15) is 4.79 Å². The van der Waals surface area contributed by atoms with E-state index >= 15 is 0 Å². The van der Waals surface area contributed by atoms with Crippen LogP contribution in [0.25, 0.3) is 0 Å². The van der Waals surface area contributed by atoms with Crippen LogP contribution in [0.1, 0.15) is 12.8 Å². The average molecular weight is 346 g/mol. The Morgan fingerprint density at radius 3 is 2.67 bits per heavy atom. The summed E-state index contributed by atoms with van der Waals surface area (Å²) in [5.74, 6) is 0.554. The first-order chi connectivity index (χ1) is 11.6. The zero-order chi connectivity index (χ0) is 16.9. The van der Waals surface area contributed by atoms with Gasteiger partial charge in [-0.15, -0.1) is 11.3 Å². The van der Waals surface area contributed by atoms with E-state index in [1.54, 1.807) is 23.6 Å². The Balaban J connectivity index is 1.45. The lowest BCUT2D eigenvalue weighted by Crippen LogP contribution is -2.46. The second-order valence-electron chi connectivity index (χ2n) is 5.97. The Kier molecular flexibility index (Phi) is 5.14. The summed E-state index contributed by atoms with van der Waals surface area (Å²) in [7, 11) is 3.91. The Morgan fingerprint density at radius 1 is 1.29 bits per heavy atom. The van der Waals surface area contributed by atoms with Crippen molar-refractivity contribution in [1.82, 2.24) is 15.3 Å². The smallest absolute Gasteiger partial charge is 0.320 e. The highest BCUT2D eigenvalue weighted by molar-refractivity contribution is 7.13. The van der Waals surface area contributed by atoms with Crippen LogP contribution in [-0.2, 0) is 0 Å². The van der Waals surface area contributed by atoms with Crippen LogP contribution in [0.5, 0.6) is 0 Å². The highest BCUT2D eigenvalue weighted by Crippen LogP contribution is 2.22. The number of thiazole rings is 1. The fraction of sp³-hybridized carbons (Fsp3) is 0.438. The van der Waals surface area contributed by atoms with Gasteiger partial charge in [-0.25, -0.2) is 14.8 Å². The van der Waals surface area contributed by atoms with E-state index in [-0.39, 0.29) is 12.1 Å². The SMILES string of the molecule is CN(C)c1ccc(NC(=O)NC2CCN(c3nccs3)CC2)nc1. The van der Waals surface area contributed by atoms with Gasteiger partial charge in [0.2, 0.25) is 0 Å². The van der Waals surface area contributed by atoms with Gasteiger partial charge in [-0.3, -0.25) is 5.32 Å². The molecular weight excluding hydrogens is 324 g/mol. The molecule has 3 rings (SSSR count). The topological polar surface area (TPSA) is 73.4 Å². The van der Waals surface area contributed by atoms with Gasteiger partial charge < -0.3 is 15.1 Å². The van der Waals surface area contributed by atoms with E-state index in [0.717, 1.165) is 36.8 Å². The molecule has 2 amide bonds. The number of carbonyl (C=O) groups excluding carboxylic acids is 1. The molecule has 1 saturated heterocycles. The third kappa shape index (κ3) is 4.14. The van der Waals surface area contributed by atoms with Crippen molar-refractivity contribution in [2.24, 2.45) is 0 Å². The molecule has 1 fully saturated rings. The number of nitrogens with zero attached hydrogens (tertiary/aromatic N) is 4. The molecule has 24 heavy (non-hydrogen) atoms. The number of urea groups is 1. The van der Waals surface area contributed by atoms with Gasteiger partial charge in [0, 0.05) is 44.8 Å². The van der Waals surface area contributed by atoms with Crippen molar-refractivity contribution in [3.05, 3.63) is 29.9 Å². The maximum Gasteiger partial charge on any atom is 0.320 e. The van der Waals surface area contributed by atoms with E-state index in [2.05, 4.69) is 25.5 Å². The van der Waals surface area contributed by atoms with Crippen LogP contribution in [-0.4, -0.2) is 49.2 Å². The minimum atomic E-state index is -0.201. The molecule has 0 atom stereocenters. The Bertz CT molecular complexity index is 650. The van der Waals surface area contributed by atoms with Crippen molar-refractivity contribution < 1.29 is 4.79 Å². The largest absolute Gasteiger partial charge is 0.376 e. The normalized spacial score (nSPS) is 15.2. The summed E-state index contributed by atoms with van der Waals surface area (Å²) in [6, 6.07) is 3.71. The summed E-state index contributed by atoms with van der Waals surface area (Å²) in [6.07, 6.45) is 5.40. The lowest BCUT2D eigenvalue weighted by atomic mass is 10.1. The predicted octanol–water partition coefficient (Wildman–Crippen LogP) is 2.39. The maximum absolute atomic E-state index is 12.1. The van der Waals surface area contributed by atoms with Gasteiger partial charge in [0.15, 0.2) is 5.13 Å². The fourth-order valence-electron chi connectivity index (χ4n) is 2.65. The Morgan fingerprint density at radius 2 is 2.08 bits per heavy atom. The van der Waals surface area contributed by atoms with Gasteiger partial charge in [0.1, 0.15) is 5.82 Å². The third-order valence-corrected chi connectivity index (χ3v) is 4.86. The minimum absolute atomic E-state index is 0.183. The molecule has 2 aromatic heterocycles. The molecular formula is C16H22N6OS. The van der Waals surface area contributed by atoms with Gasteiger partial charge in [-0.05, 0) is 25.0 Å². The van der Waals surface area contributed by atoms with Crippen LogP contribution >= 0.6 is 11.3 Å². The molecule has 0 spiro atoms. The van der Waals surface area contributed by atoms with Crippen molar-refractivity contribution in [1.29, 1.82) is 0 Å². The molecule has 2 aromatic rings. The summed E-state index contributed by atoms with van der Waals surface area (Å²) >= 11 is 1.65. The van der Waals surface area contributed by atoms with Crippen LogP contribution in [0.2, 0.25) is 0 Å². The molecule has 0 saturated carbocycles. The van der Waals surface area contributed by atoms with Gasteiger partial charge in [0.05, 0.1) is 11.9 Å². The van der Waals surface area contributed by atoms with E-state index in [4.69, 9.17) is 0 Å². The summed E-state index contributed by atoms with van der Waals surface area (Å²) < 4.78 is 0. The van der Waals surface area contributed by atoms with Gasteiger partial charge >= 0.3 is 6.03 Å². The van der Waals surface area contributed by atoms with Crippen molar-refractivity contribution in [2.45, 2.75) is 18.9 Å². The average Bonchev–Trinajstić information content (AvgIpc) is 3.10. The molecule has 7 nitrogen and oxygen atoms in total. The van der Waals surface area contributed by atoms with Crippen molar-refractivity contribution in [2.75, 3.05) is 42.3 Å². The zero-order valence-corrected chi connectivity index (χ0v) is 14.7. The van der Waals surface area contributed by atoms with E-state index in [1.165, 1.54) is 0 Å². The first-order valence-electron chi connectivity index (χ1n) is 7.97. The van der Waals surface area contributed by atoms with Gasteiger partial charge in [-0.2, -0.15) is 0 Å². The van der Waals surface area contributed by atoms with Crippen molar-refractivity contribution in [3.63, 3.8) is 0 Å². The molecule has 0 aromatic carbocycles. The maximum atomic E-state index is 12.1. The number of hydrogen-bond acceptors (Lipinski definition) is 6. The molecule has 8 heteroatoms. The highest BCUT2D eigenvalue weighted by Gasteiger charge is 2.22. The molecule has 2 N–H and O–H groups in total. The number of piperidine rings is 1. The molecule has 128 valence electrons. The van der Waals surface area contributed by atoms with Crippen LogP contribution < -0.4 is 20.4 Å². The van der Waals surface area contributed by atoms with Crippen molar-refractivity contribution in [3.8, 4) is 0 Å². The Labute approximate surface area is 145 Å². The molecule has 0 bridgehead atoms. The van der Waals surface area contributed by atoms with Crippen LogP contribution in [0.3, 0.4) is 0 Å². The van der Waals surface area contributed by atoms with Gasteiger partial charge in [-0.1, -0.05) is 0 Å². The summed E-state index contributed by atoms with van der Waals surface area (Å²) in [5, 5.41) is 8.86. The number of amides is 2. The number of aromatic nitrogens is 2. The molecule has 1 aliphatic heterocycles. The molecule has 0 radical (unpaired) electrons. The van der Waals surface area contributed by atoms with E-state index < -0.39 is 0 Å². The first kappa shape index (κ1) is 16.5. The van der Waals surface area contributed by atoms with Crippen LogP contribution in [0, 0.1) is 0 Å². The third-order valence-electron chi connectivity index (χ3n) is 4.03. The second-order valence-corrected chi connectivity index (χ2v) is 6.84. The van der Waals surface area contributed by atoms with E-state index in [0.29, 0.717) is 5.82 Å². The summed E-state index contributed by atoms with van der Waals surface area (Å²) in [4.78, 5) is 24.9. The number of rotatable bonds is 4. The fourth-order valence-corrected chi connectivity index (χ4v) is 3.35. The molecule has 0 unspecified atom stereocenters. The van der Waals surface area contributed by atoms with Gasteiger partial charge in [0.25, 0.3) is 0 Å². The Hall–Kier alpha value is -2.35. The highest BCUT2D eigenvalue weighted by atomic mass is 32.1. The molecule has 3 heterocycles. The quantitative estimate of drug-likeness (QED) is 0.889. The lowest BCUT2D eigenvalue weighted by molar-refractivity contribution is 0.246. The molecule has 1 aliphatic rings. The number of nitrogens with one attached hydrogen (secondary N) is 2. The van der Waals surface area contributed by atoms with Crippen LogP contribution in [0.4, 0.5) is 21.4 Å². The molecule has 0 aliphatic carbocycles. The number of anilines is 3. The summed E-state index contributed by atoms with van der Waals surface area (Å²) in [6.45, 7) is 1.82. The second kappa shape index (κ2) is 7.48. The monoisotopic (exact) mass is 346 g/mol. The lowest BCUT2D eigenvalue weighted by Gasteiger charge is -2.32. The minimum Gasteiger partial charge on any atom is -0.376 e. The van der Waals surface area contributed by atoms with Crippen molar-refractivity contribution >= 4 is 34.0 Å². The summed E-state index contributed by atoms with van der Waals surface area (Å²) in [5.41, 5.74) is 0.996. The number of carbonyl (C=O) groups is 1. The standard InChI is InChI=1S/C16H22N6OS/c1-21(2)13-3-4-14(18-11-13)20-15(23)19-12-5-8-22(9-6-12)16-17-7-10-24-16/h3-4,7,10-12H,5-6,8-9H2,1-2H3,(H2,18,19,20,23). The number of pyridine rings is 1. The predicted molar refractivity (Wildman–Crippen MR) is 98.1 cm³/mol. The number of hydrogen-bond donors (Lipinski definition) is 2. The van der Waals surface area contributed by atoms with E-state index in [1.807, 2.05) is 36.6 Å². The zero-order valence-electron chi connectivity index (χ0n) is 13.9.